The van der Waals surface area contributed by atoms with Crippen LogP contribution in [0.2, 0.25) is 0 Å². The number of hydrogen-bond acceptors (Lipinski definition) is 0. The van der Waals surface area contributed by atoms with E-state index in [2.05, 4.69) is 28.6 Å². The number of unbranched alkanes of at least 4 members (excludes halogenated alkanes) is 1. The average Bonchev–Trinajstić information content (AvgIpc) is 2.25. The number of rotatable bonds is 4. The highest BCUT2D eigenvalue weighted by molar-refractivity contribution is 9.10. The predicted molar refractivity (Wildman–Crippen MR) is 71.0 cm³/mol. The van der Waals surface area contributed by atoms with Gasteiger partial charge in [-0.15, -0.1) is 5.73 Å². The Morgan fingerprint density at radius 2 is 2.07 bits per heavy atom. The fraction of sp³-hybridized carbons (Fsp3) is 0.308. The highest BCUT2D eigenvalue weighted by atomic mass is 79.9. The Bertz CT molecular complexity index is 359. The summed E-state index contributed by atoms with van der Waals surface area (Å²) in [7, 11) is 0. The molecule has 0 saturated heterocycles. The molecular weight excluding hydrogens is 272 g/mol. The molecule has 80 valence electrons. The quantitative estimate of drug-likeness (QED) is 0.652. The molecule has 0 N–H and O–H groups in total. The zero-order valence-electron chi connectivity index (χ0n) is 8.76. The molecule has 0 aliphatic rings. The maximum absolute atomic E-state index is 6.01. The maximum Gasteiger partial charge on any atom is 0.0597 e. The van der Waals surface area contributed by atoms with Gasteiger partial charge < -0.3 is 0 Å². The predicted octanol–water partition coefficient (Wildman–Crippen LogP) is 5.37. The monoisotopic (exact) mass is 284 g/mol. The molecule has 1 aromatic rings. The third-order valence-electron chi connectivity index (χ3n) is 2.02. The molecule has 0 nitrogen and oxygen atoms in total. The minimum absolute atomic E-state index is 0.805. The molecule has 0 aliphatic carbocycles. The normalized spacial score (nSPS) is 9.53. The molecule has 1 rings (SSSR count). The van der Waals surface area contributed by atoms with Crippen LogP contribution in [0, 0.1) is 0 Å². The van der Waals surface area contributed by atoms with Crippen molar-refractivity contribution < 1.29 is 0 Å². The molecular formula is C13H14BrCl. The number of hydrogen-bond donors (Lipinski definition) is 0. The topological polar surface area (TPSA) is 0 Å². The Morgan fingerprint density at radius 1 is 1.40 bits per heavy atom. The van der Waals surface area contributed by atoms with Crippen molar-refractivity contribution in [3.8, 4) is 0 Å². The van der Waals surface area contributed by atoms with Crippen LogP contribution in [0.4, 0.5) is 0 Å². The van der Waals surface area contributed by atoms with Crippen LogP contribution in [0.1, 0.15) is 31.7 Å². The molecule has 0 heterocycles. The number of allylic oxidation sites excluding steroid dienone is 1. The lowest BCUT2D eigenvalue weighted by Crippen LogP contribution is -1.72. The lowest BCUT2D eigenvalue weighted by molar-refractivity contribution is 0.808. The molecule has 0 spiro atoms. The van der Waals surface area contributed by atoms with Crippen LogP contribution >= 0.6 is 27.5 Å². The first-order chi connectivity index (χ1) is 7.22. The summed E-state index contributed by atoms with van der Waals surface area (Å²) in [6.45, 7) is 2.16. The molecule has 0 aromatic heterocycles. The van der Waals surface area contributed by atoms with Gasteiger partial charge in [-0.25, -0.2) is 0 Å². The largest absolute Gasteiger partial charge is 0.104 e. The first kappa shape index (κ1) is 12.6. The third-order valence-corrected chi connectivity index (χ3v) is 2.84. The van der Waals surface area contributed by atoms with Gasteiger partial charge in [-0.05, 0) is 36.6 Å². The van der Waals surface area contributed by atoms with E-state index in [1.807, 2.05) is 30.3 Å². The van der Waals surface area contributed by atoms with Crippen molar-refractivity contribution in [2.75, 3.05) is 0 Å². The van der Waals surface area contributed by atoms with Crippen molar-refractivity contribution in [1.29, 1.82) is 0 Å². The summed E-state index contributed by atoms with van der Waals surface area (Å²) >= 11 is 9.40. The molecule has 15 heavy (non-hydrogen) atoms. The van der Waals surface area contributed by atoms with Crippen LogP contribution in [-0.2, 0) is 0 Å². The second kappa shape index (κ2) is 6.90. The van der Waals surface area contributed by atoms with Crippen molar-refractivity contribution in [3.63, 3.8) is 0 Å². The van der Waals surface area contributed by atoms with Crippen LogP contribution in [0.3, 0.4) is 0 Å². The van der Waals surface area contributed by atoms with E-state index in [0.717, 1.165) is 34.3 Å². The summed E-state index contributed by atoms with van der Waals surface area (Å²) in [5, 5.41) is 0.805. The lowest BCUT2D eigenvalue weighted by atomic mass is 10.2. The van der Waals surface area contributed by atoms with Crippen molar-refractivity contribution >= 4 is 33.6 Å². The summed E-state index contributed by atoms with van der Waals surface area (Å²) in [6.07, 6.45) is 5.13. The van der Waals surface area contributed by atoms with E-state index in [4.69, 9.17) is 11.6 Å². The molecule has 1 aromatic carbocycles. The van der Waals surface area contributed by atoms with Gasteiger partial charge in [0.05, 0.1) is 5.03 Å². The van der Waals surface area contributed by atoms with E-state index in [-0.39, 0.29) is 0 Å². The van der Waals surface area contributed by atoms with Crippen molar-refractivity contribution in [3.05, 3.63) is 45.1 Å². The molecule has 0 saturated carbocycles. The maximum atomic E-state index is 6.01. The first-order valence-corrected chi connectivity index (χ1v) is 6.26. The Morgan fingerprint density at radius 3 is 2.67 bits per heavy atom. The Kier molecular flexibility index (Phi) is 5.78. The van der Waals surface area contributed by atoms with Gasteiger partial charge in [-0.2, -0.15) is 0 Å². The summed E-state index contributed by atoms with van der Waals surface area (Å²) in [5.41, 5.74) is 4.21. The number of benzene rings is 1. The summed E-state index contributed by atoms with van der Waals surface area (Å²) in [4.78, 5) is 0. The average molecular weight is 286 g/mol. The van der Waals surface area contributed by atoms with Crippen LogP contribution in [0.25, 0.3) is 6.08 Å². The molecule has 0 fully saturated rings. The molecule has 0 aliphatic heterocycles. The molecule has 0 atom stereocenters. The van der Waals surface area contributed by atoms with Gasteiger partial charge in [-0.1, -0.05) is 53.0 Å². The molecule has 0 bridgehead atoms. The highest BCUT2D eigenvalue weighted by Crippen LogP contribution is 2.13. The van der Waals surface area contributed by atoms with Crippen molar-refractivity contribution in [2.45, 2.75) is 26.2 Å². The summed E-state index contributed by atoms with van der Waals surface area (Å²) in [5.74, 6) is 0. The minimum atomic E-state index is 0.805. The fourth-order valence-electron chi connectivity index (χ4n) is 1.12. The van der Waals surface area contributed by atoms with Gasteiger partial charge in [0.25, 0.3) is 0 Å². The Hall–Kier alpha value is -0.490. The second-order valence-corrected chi connectivity index (χ2v) is 4.72. The number of halogens is 2. The van der Waals surface area contributed by atoms with Crippen molar-refractivity contribution in [2.24, 2.45) is 0 Å². The van der Waals surface area contributed by atoms with Gasteiger partial charge in [0.1, 0.15) is 0 Å². The Labute approximate surface area is 105 Å². The van der Waals surface area contributed by atoms with E-state index in [9.17, 15) is 0 Å². The van der Waals surface area contributed by atoms with Gasteiger partial charge >= 0.3 is 0 Å². The van der Waals surface area contributed by atoms with Gasteiger partial charge in [-0.3, -0.25) is 0 Å². The smallest absolute Gasteiger partial charge is 0.0597 e. The van der Waals surface area contributed by atoms with Crippen LogP contribution in [0.5, 0.6) is 0 Å². The van der Waals surface area contributed by atoms with Crippen molar-refractivity contribution in [1.82, 2.24) is 0 Å². The van der Waals surface area contributed by atoms with E-state index < -0.39 is 0 Å². The van der Waals surface area contributed by atoms with Gasteiger partial charge in [0.15, 0.2) is 0 Å². The summed E-state index contributed by atoms with van der Waals surface area (Å²) < 4.78 is 1.08. The van der Waals surface area contributed by atoms with E-state index in [1.165, 1.54) is 0 Å². The van der Waals surface area contributed by atoms with Gasteiger partial charge in [0.2, 0.25) is 0 Å². The standard InChI is InChI=1S/C13H14BrCl/c1-2-3-4-13(15)10-7-11-5-8-12(14)9-6-11/h5-9H,2-4H2,1H3. The zero-order chi connectivity index (χ0) is 11.1. The van der Waals surface area contributed by atoms with Crippen LogP contribution in [0.15, 0.2) is 39.5 Å². The fourth-order valence-corrected chi connectivity index (χ4v) is 1.58. The summed E-state index contributed by atoms with van der Waals surface area (Å²) in [6, 6.07) is 8.07. The molecule has 0 radical (unpaired) electrons. The van der Waals surface area contributed by atoms with E-state index in [1.54, 1.807) is 0 Å². The molecule has 0 amide bonds. The highest BCUT2D eigenvalue weighted by Gasteiger charge is 1.90. The van der Waals surface area contributed by atoms with E-state index in [0.29, 0.717) is 0 Å². The SMILES string of the molecule is CCCCC(Cl)=C=Cc1ccc(Br)cc1. The lowest BCUT2D eigenvalue weighted by Gasteiger charge is -1.93. The molecule has 2 heteroatoms. The van der Waals surface area contributed by atoms with Crippen LogP contribution < -0.4 is 0 Å². The second-order valence-electron chi connectivity index (χ2n) is 3.35. The van der Waals surface area contributed by atoms with E-state index >= 15 is 0 Å². The third kappa shape index (κ3) is 5.22. The van der Waals surface area contributed by atoms with Crippen LogP contribution in [-0.4, -0.2) is 0 Å². The first-order valence-electron chi connectivity index (χ1n) is 5.09. The Balaban J connectivity index is 2.67. The van der Waals surface area contributed by atoms with Gasteiger partial charge in [0, 0.05) is 4.47 Å². The zero-order valence-corrected chi connectivity index (χ0v) is 11.1. The minimum Gasteiger partial charge on any atom is -0.104 e. The molecule has 0 unspecified atom stereocenters.